The number of aryl methyl sites for hydroxylation is 2. The van der Waals surface area contributed by atoms with Crippen molar-refractivity contribution in [2.45, 2.75) is 31.7 Å². The lowest BCUT2D eigenvalue weighted by Gasteiger charge is -2.08. The molecule has 20 heavy (non-hydrogen) atoms. The molecule has 0 aromatic carbocycles. The van der Waals surface area contributed by atoms with Crippen LogP contribution < -0.4 is 11.3 Å². The fourth-order valence-electron chi connectivity index (χ4n) is 1.60. The van der Waals surface area contributed by atoms with Gasteiger partial charge in [-0.15, -0.1) is 0 Å². The van der Waals surface area contributed by atoms with Crippen molar-refractivity contribution in [3.05, 3.63) is 39.8 Å². The van der Waals surface area contributed by atoms with Crippen LogP contribution >= 0.6 is 23.4 Å². The van der Waals surface area contributed by atoms with Crippen molar-refractivity contribution in [2.24, 2.45) is 5.84 Å². The SMILES string of the molecule is Cc1nc(SCc2nc(NN)ccc2Cl)nc(C)c1C. The van der Waals surface area contributed by atoms with Crippen molar-refractivity contribution < 1.29 is 0 Å². The predicted molar refractivity (Wildman–Crippen MR) is 82.9 cm³/mol. The Morgan fingerprint density at radius 2 is 1.80 bits per heavy atom. The average Bonchev–Trinajstić information content (AvgIpc) is 2.43. The van der Waals surface area contributed by atoms with Gasteiger partial charge in [-0.1, -0.05) is 23.4 Å². The van der Waals surface area contributed by atoms with E-state index in [1.165, 1.54) is 11.8 Å². The molecule has 0 spiro atoms. The molecule has 0 saturated heterocycles. The first kappa shape index (κ1) is 15.0. The van der Waals surface area contributed by atoms with Gasteiger partial charge in [-0.25, -0.2) is 20.8 Å². The van der Waals surface area contributed by atoms with Crippen molar-refractivity contribution in [1.29, 1.82) is 0 Å². The van der Waals surface area contributed by atoms with Gasteiger partial charge in [0.2, 0.25) is 0 Å². The van der Waals surface area contributed by atoms with Gasteiger partial charge in [0.15, 0.2) is 5.16 Å². The maximum absolute atomic E-state index is 6.12. The highest BCUT2D eigenvalue weighted by atomic mass is 35.5. The van der Waals surface area contributed by atoms with E-state index in [9.17, 15) is 0 Å². The van der Waals surface area contributed by atoms with Gasteiger partial charge < -0.3 is 5.43 Å². The van der Waals surface area contributed by atoms with E-state index in [-0.39, 0.29) is 0 Å². The van der Waals surface area contributed by atoms with E-state index >= 15 is 0 Å². The molecule has 0 atom stereocenters. The summed E-state index contributed by atoms with van der Waals surface area (Å²) in [6.45, 7) is 5.99. The number of nitrogens with zero attached hydrogens (tertiary/aromatic N) is 3. The number of nitrogens with one attached hydrogen (secondary N) is 1. The molecule has 0 aliphatic carbocycles. The van der Waals surface area contributed by atoms with Gasteiger partial charge in [-0.05, 0) is 38.5 Å². The van der Waals surface area contributed by atoms with Crippen molar-refractivity contribution in [3.63, 3.8) is 0 Å². The molecule has 2 aromatic rings. The summed E-state index contributed by atoms with van der Waals surface area (Å²) in [5, 5.41) is 1.34. The average molecular weight is 310 g/mol. The summed E-state index contributed by atoms with van der Waals surface area (Å²) < 4.78 is 0. The van der Waals surface area contributed by atoms with Gasteiger partial charge in [0.1, 0.15) is 5.82 Å². The van der Waals surface area contributed by atoms with E-state index in [1.807, 2.05) is 20.8 Å². The van der Waals surface area contributed by atoms with Crippen LogP contribution in [0.5, 0.6) is 0 Å². The number of hydrogen-bond donors (Lipinski definition) is 2. The lowest BCUT2D eigenvalue weighted by Crippen LogP contribution is -2.09. The molecule has 3 N–H and O–H groups in total. The van der Waals surface area contributed by atoms with Crippen molar-refractivity contribution >= 4 is 29.2 Å². The number of aromatic nitrogens is 3. The quantitative estimate of drug-likeness (QED) is 0.391. The summed E-state index contributed by atoms with van der Waals surface area (Å²) in [6, 6.07) is 3.50. The molecular formula is C13H16ClN5S. The summed E-state index contributed by atoms with van der Waals surface area (Å²) in [7, 11) is 0. The zero-order valence-electron chi connectivity index (χ0n) is 11.6. The predicted octanol–water partition coefficient (Wildman–Crippen LogP) is 3.03. The fourth-order valence-corrected chi connectivity index (χ4v) is 2.74. The number of halogens is 1. The number of hydrazine groups is 1. The van der Waals surface area contributed by atoms with Gasteiger partial charge >= 0.3 is 0 Å². The summed E-state index contributed by atoms with van der Waals surface area (Å²) in [4.78, 5) is 13.2. The largest absolute Gasteiger partial charge is 0.308 e. The first-order valence-corrected chi connectivity index (χ1v) is 7.44. The van der Waals surface area contributed by atoms with Gasteiger partial charge in [0.05, 0.1) is 10.7 Å². The van der Waals surface area contributed by atoms with Crippen LogP contribution in [-0.4, -0.2) is 15.0 Å². The van der Waals surface area contributed by atoms with E-state index in [0.717, 1.165) is 27.8 Å². The van der Waals surface area contributed by atoms with Crippen molar-refractivity contribution in [1.82, 2.24) is 15.0 Å². The van der Waals surface area contributed by atoms with E-state index in [2.05, 4.69) is 20.4 Å². The molecule has 0 aliphatic heterocycles. The molecular weight excluding hydrogens is 294 g/mol. The van der Waals surface area contributed by atoms with Crippen LogP contribution in [0.1, 0.15) is 22.6 Å². The Morgan fingerprint density at radius 3 is 2.40 bits per heavy atom. The second-order valence-electron chi connectivity index (χ2n) is 4.36. The van der Waals surface area contributed by atoms with E-state index in [1.54, 1.807) is 12.1 Å². The summed E-state index contributed by atoms with van der Waals surface area (Å²) in [6.07, 6.45) is 0. The van der Waals surface area contributed by atoms with Crippen LogP contribution in [0.4, 0.5) is 5.82 Å². The van der Waals surface area contributed by atoms with Crippen molar-refractivity contribution in [3.8, 4) is 0 Å². The van der Waals surface area contributed by atoms with Crippen molar-refractivity contribution in [2.75, 3.05) is 5.43 Å². The zero-order valence-corrected chi connectivity index (χ0v) is 13.1. The Bertz CT molecular complexity index is 609. The standard InChI is InChI=1S/C13H16ClN5S/c1-7-8(2)16-13(17-9(7)3)20-6-11-10(14)4-5-12(18-11)19-15/h4-5H,6,15H2,1-3H3,(H,18,19). The van der Waals surface area contributed by atoms with Crippen LogP contribution in [0.2, 0.25) is 5.02 Å². The van der Waals surface area contributed by atoms with Crippen LogP contribution in [0.15, 0.2) is 17.3 Å². The molecule has 0 aliphatic rings. The molecule has 2 aromatic heterocycles. The summed E-state index contributed by atoms with van der Waals surface area (Å²) in [5.41, 5.74) is 6.38. The van der Waals surface area contributed by atoms with E-state index in [0.29, 0.717) is 16.6 Å². The minimum atomic E-state index is 0.585. The Kier molecular flexibility index (Phi) is 4.80. The monoisotopic (exact) mass is 309 g/mol. The molecule has 0 unspecified atom stereocenters. The third-order valence-electron chi connectivity index (χ3n) is 3.02. The maximum Gasteiger partial charge on any atom is 0.188 e. The number of nitrogen functional groups attached to an aromatic ring is 1. The topological polar surface area (TPSA) is 76.7 Å². The van der Waals surface area contributed by atoms with Crippen LogP contribution in [-0.2, 0) is 5.75 Å². The Balaban J connectivity index is 2.16. The summed E-state index contributed by atoms with van der Waals surface area (Å²) in [5.74, 6) is 6.52. The number of anilines is 1. The molecule has 0 amide bonds. The first-order chi connectivity index (χ1) is 9.51. The molecule has 2 rings (SSSR count). The molecule has 7 heteroatoms. The number of hydrogen-bond acceptors (Lipinski definition) is 6. The number of thioether (sulfide) groups is 1. The third-order valence-corrected chi connectivity index (χ3v) is 4.22. The third kappa shape index (κ3) is 3.39. The van der Waals surface area contributed by atoms with Crippen LogP contribution in [0, 0.1) is 20.8 Å². The molecule has 2 heterocycles. The lowest BCUT2D eigenvalue weighted by atomic mass is 10.2. The Labute approximate surface area is 127 Å². The fraction of sp³-hybridized carbons (Fsp3) is 0.308. The van der Waals surface area contributed by atoms with Gasteiger partial charge in [0.25, 0.3) is 0 Å². The Morgan fingerprint density at radius 1 is 1.15 bits per heavy atom. The smallest absolute Gasteiger partial charge is 0.188 e. The molecule has 106 valence electrons. The van der Waals surface area contributed by atoms with Gasteiger partial charge in [-0.2, -0.15) is 0 Å². The van der Waals surface area contributed by atoms with E-state index in [4.69, 9.17) is 17.4 Å². The van der Waals surface area contributed by atoms with E-state index < -0.39 is 0 Å². The van der Waals surface area contributed by atoms with Crippen LogP contribution in [0.3, 0.4) is 0 Å². The zero-order chi connectivity index (χ0) is 14.7. The Hall–Kier alpha value is -1.37. The van der Waals surface area contributed by atoms with Gasteiger partial charge in [0, 0.05) is 17.1 Å². The minimum absolute atomic E-state index is 0.585. The highest BCUT2D eigenvalue weighted by Gasteiger charge is 2.08. The molecule has 0 bridgehead atoms. The maximum atomic E-state index is 6.12. The number of pyridine rings is 1. The molecule has 5 nitrogen and oxygen atoms in total. The second-order valence-corrected chi connectivity index (χ2v) is 5.71. The highest BCUT2D eigenvalue weighted by molar-refractivity contribution is 7.98. The second kappa shape index (κ2) is 6.39. The van der Waals surface area contributed by atoms with Crippen LogP contribution in [0.25, 0.3) is 0 Å². The molecule has 0 saturated carbocycles. The number of nitrogens with two attached hydrogens (primary N) is 1. The first-order valence-electron chi connectivity index (χ1n) is 6.08. The highest BCUT2D eigenvalue weighted by Crippen LogP contribution is 2.25. The number of rotatable bonds is 4. The van der Waals surface area contributed by atoms with Gasteiger partial charge in [-0.3, -0.25) is 0 Å². The molecule has 0 radical (unpaired) electrons. The summed E-state index contributed by atoms with van der Waals surface area (Å²) >= 11 is 7.63. The normalized spacial score (nSPS) is 10.7. The molecule has 0 fully saturated rings. The minimum Gasteiger partial charge on any atom is -0.308 e. The lowest BCUT2D eigenvalue weighted by molar-refractivity contribution is 0.880.